The molecule has 1 aliphatic carbocycles. The quantitative estimate of drug-likeness (QED) is 0.563. The third kappa shape index (κ3) is 3.02. The van der Waals surface area contributed by atoms with E-state index in [1.54, 1.807) is 4.90 Å². The van der Waals surface area contributed by atoms with E-state index in [9.17, 15) is 10.1 Å². The number of thiophene rings is 1. The second kappa shape index (κ2) is 7.47. The second-order valence-corrected chi connectivity index (χ2v) is 9.26. The number of Topliss-reactive ketones (excluding diaryl/α,β-unsaturated/α-hetero) is 1. The summed E-state index contributed by atoms with van der Waals surface area (Å²) in [6.45, 7) is 1.90. The van der Waals surface area contributed by atoms with Crippen molar-refractivity contribution < 1.29 is 4.79 Å². The number of halogens is 2. The first-order valence-corrected chi connectivity index (χ1v) is 11.0. The Morgan fingerprint density at radius 2 is 2.18 bits per heavy atom. The van der Waals surface area contributed by atoms with Crippen LogP contribution in [-0.2, 0) is 4.79 Å². The lowest BCUT2D eigenvalue weighted by Gasteiger charge is -2.42. The van der Waals surface area contributed by atoms with E-state index in [-0.39, 0.29) is 11.6 Å². The summed E-state index contributed by atoms with van der Waals surface area (Å²) in [4.78, 5) is 15.7. The zero-order valence-electron chi connectivity index (χ0n) is 15.1. The molecule has 0 amide bonds. The van der Waals surface area contributed by atoms with Crippen LogP contribution in [0, 0.1) is 29.6 Å². The molecule has 1 N–H and O–H groups in total. The maximum atomic E-state index is 13.0. The van der Waals surface area contributed by atoms with Gasteiger partial charge in [-0.05, 0) is 59.5 Å². The monoisotopic (exact) mass is 473 g/mol. The van der Waals surface area contributed by atoms with Gasteiger partial charge in [0.15, 0.2) is 5.78 Å². The molecule has 0 bridgehead atoms. The molecule has 28 heavy (non-hydrogen) atoms. The summed E-state index contributed by atoms with van der Waals surface area (Å²) in [5.74, 6) is -0.846. The number of benzene rings is 1. The average molecular weight is 475 g/mol. The summed E-state index contributed by atoms with van der Waals surface area (Å²) < 4.78 is 0.925. The molecule has 2 aliphatic rings. The number of hydrogen-bond donors (Lipinski definition) is 1. The number of ketones is 1. The Hall–Kier alpha value is -1.94. The van der Waals surface area contributed by atoms with Crippen LogP contribution in [0.2, 0.25) is 5.02 Å². The number of carbonyl (C=O) groups excluding carboxylic acids is 1. The number of hydrogen-bond acceptors (Lipinski definition) is 4. The van der Waals surface area contributed by atoms with Crippen LogP contribution in [0.4, 0.5) is 5.69 Å². The van der Waals surface area contributed by atoms with Gasteiger partial charge in [0, 0.05) is 43.4 Å². The van der Waals surface area contributed by atoms with Crippen molar-refractivity contribution in [3.05, 3.63) is 60.9 Å². The zero-order chi connectivity index (χ0) is 20.0. The number of carbonyl (C=O) groups is 1. The third-order valence-electron chi connectivity index (χ3n) is 5.39. The average Bonchev–Trinajstić information content (AvgIpc) is 3.10. The number of amidine groups is 1. The molecule has 1 aromatic heterocycles. The van der Waals surface area contributed by atoms with Crippen LogP contribution in [0.5, 0.6) is 0 Å². The van der Waals surface area contributed by atoms with Crippen molar-refractivity contribution >= 4 is 56.2 Å². The SMILES string of the molecule is Cc1c(Cl)cccc1N1C(=N)C(C#N)C(c2cc(Br)cs2)C2=C1CCCC2=O. The molecule has 1 aromatic carbocycles. The van der Waals surface area contributed by atoms with Crippen molar-refractivity contribution in [1.29, 1.82) is 10.7 Å². The largest absolute Gasteiger partial charge is 0.301 e. The van der Waals surface area contributed by atoms with E-state index < -0.39 is 11.8 Å². The fraction of sp³-hybridized carbons (Fsp3) is 0.286. The highest BCUT2D eigenvalue weighted by Crippen LogP contribution is 2.48. The summed E-state index contributed by atoms with van der Waals surface area (Å²) >= 11 is 11.3. The zero-order valence-corrected chi connectivity index (χ0v) is 18.3. The van der Waals surface area contributed by atoms with Crippen molar-refractivity contribution in [2.24, 2.45) is 5.92 Å². The highest BCUT2D eigenvalue weighted by atomic mass is 79.9. The number of anilines is 1. The molecule has 2 aromatic rings. The maximum absolute atomic E-state index is 13.0. The van der Waals surface area contributed by atoms with Gasteiger partial charge < -0.3 is 4.90 Å². The summed E-state index contributed by atoms with van der Waals surface area (Å²) in [7, 11) is 0. The Labute approximate surface area is 181 Å². The minimum atomic E-state index is -0.732. The summed E-state index contributed by atoms with van der Waals surface area (Å²) in [5.41, 5.74) is 3.13. The van der Waals surface area contributed by atoms with E-state index in [1.807, 2.05) is 36.6 Å². The molecule has 4 nitrogen and oxygen atoms in total. The first-order valence-electron chi connectivity index (χ1n) is 8.97. The molecule has 4 rings (SSSR count). The molecule has 0 saturated heterocycles. The van der Waals surface area contributed by atoms with Crippen molar-refractivity contribution in [1.82, 2.24) is 0 Å². The number of allylic oxidation sites excluding steroid dienone is 2. The molecule has 142 valence electrons. The highest BCUT2D eigenvalue weighted by molar-refractivity contribution is 9.10. The Kier molecular flexibility index (Phi) is 5.17. The lowest BCUT2D eigenvalue weighted by molar-refractivity contribution is -0.116. The van der Waals surface area contributed by atoms with Crippen molar-refractivity contribution in [2.75, 3.05) is 4.90 Å². The molecule has 2 atom stereocenters. The first kappa shape index (κ1) is 19.4. The summed E-state index contributed by atoms with van der Waals surface area (Å²) in [6.07, 6.45) is 1.94. The number of nitriles is 1. The number of nitrogens with one attached hydrogen (secondary N) is 1. The number of rotatable bonds is 2. The van der Waals surface area contributed by atoms with Crippen molar-refractivity contribution in [3.63, 3.8) is 0 Å². The van der Waals surface area contributed by atoms with Gasteiger partial charge in [0.05, 0.1) is 11.8 Å². The predicted molar refractivity (Wildman–Crippen MR) is 116 cm³/mol. The standard InChI is InChI=1S/C21H17BrClN3OS/c1-11-14(23)4-2-5-15(11)26-16-6-3-7-17(27)20(16)19(13(9-24)21(26)25)18-8-12(22)10-28-18/h2,4-5,8,10,13,19,25H,3,6-7H2,1H3. The molecule has 2 heterocycles. The second-order valence-electron chi connectivity index (χ2n) is 6.99. The molecule has 0 spiro atoms. The van der Waals surface area contributed by atoms with Crippen LogP contribution in [0.1, 0.15) is 35.6 Å². The van der Waals surface area contributed by atoms with Gasteiger partial charge in [-0.1, -0.05) is 17.7 Å². The molecule has 1 aliphatic heterocycles. The van der Waals surface area contributed by atoms with E-state index in [2.05, 4.69) is 22.0 Å². The summed E-state index contributed by atoms with van der Waals surface area (Å²) in [6, 6.07) is 9.81. The first-order chi connectivity index (χ1) is 13.4. The van der Waals surface area contributed by atoms with Gasteiger partial charge in [-0.2, -0.15) is 5.26 Å². The summed E-state index contributed by atoms with van der Waals surface area (Å²) in [5, 5.41) is 21.4. The van der Waals surface area contributed by atoms with Gasteiger partial charge in [0.2, 0.25) is 0 Å². The van der Waals surface area contributed by atoms with Crippen LogP contribution in [-0.4, -0.2) is 11.6 Å². The highest BCUT2D eigenvalue weighted by Gasteiger charge is 2.45. The molecular weight excluding hydrogens is 458 g/mol. The third-order valence-corrected chi connectivity index (χ3v) is 7.58. The lowest BCUT2D eigenvalue weighted by Crippen LogP contribution is -2.45. The van der Waals surface area contributed by atoms with Crippen LogP contribution < -0.4 is 4.90 Å². The molecule has 7 heteroatoms. The van der Waals surface area contributed by atoms with Crippen LogP contribution in [0.3, 0.4) is 0 Å². The molecule has 2 unspecified atom stereocenters. The maximum Gasteiger partial charge on any atom is 0.161 e. The normalized spacial score (nSPS) is 22.3. The van der Waals surface area contributed by atoms with Gasteiger partial charge in [-0.25, -0.2) is 0 Å². The topological polar surface area (TPSA) is 68.0 Å². The van der Waals surface area contributed by atoms with Gasteiger partial charge >= 0.3 is 0 Å². The van der Waals surface area contributed by atoms with Crippen molar-refractivity contribution in [3.8, 4) is 6.07 Å². The van der Waals surface area contributed by atoms with Gasteiger partial charge in [0.1, 0.15) is 11.8 Å². The molecule has 0 saturated carbocycles. The lowest BCUT2D eigenvalue weighted by atomic mass is 9.74. The molecular formula is C21H17BrClN3OS. The fourth-order valence-electron chi connectivity index (χ4n) is 4.09. The molecule has 0 radical (unpaired) electrons. The van der Waals surface area contributed by atoms with Crippen molar-refractivity contribution in [2.45, 2.75) is 32.1 Å². The Morgan fingerprint density at radius 3 is 2.86 bits per heavy atom. The van der Waals surface area contributed by atoms with Gasteiger partial charge in [-0.15, -0.1) is 11.3 Å². The fourth-order valence-corrected chi connectivity index (χ4v) is 5.85. The predicted octanol–water partition coefficient (Wildman–Crippen LogP) is 6.20. The Balaban J connectivity index is 1.98. The minimum absolute atomic E-state index is 0.0770. The Bertz CT molecular complexity index is 1070. The van der Waals surface area contributed by atoms with Crippen LogP contribution in [0.25, 0.3) is 0 Å². The molecule has 0 fully saturated rings. The van der Waals surface area contributed by atoms with Crippen LogP contribution >= 0.6 is 38.9 Å². The van der Waals surface area contributed by atoms with E-state index in [4.69, 9.17) is 17.0 Å². The van der Waals surface area contributed by atoms with E-state index in [0.29, 0.717) is 23.4 Å². The van der Waals surface area contributed by atoms with E-state index in [1.165, 1.54) is 11.3 Å². The minimum Gasteiger partial charge on any atom is -0.301 e. The van der Waals surface area contributed by atoms with E-state index in [0.717, 1.165) is 32.7 Å². The smallest absolute Gasteiger partial charge is 0.161 e. The van der Waals surface area contributed by atoms with E-state index >= 15 is 0 Å². The van der Waals surface area contributed by atoms with Gasteiger partial charge in [-0.3, -0.25) is 10.2 Å². The van der Waals surface area contributed by atoms with Crippen LogP contribution in [0.15, 0.2) is 45.4 Å². The number of nitrogens with zero attached hydrogens (tertiary/aromatic N) is 2. The van der Waals surface area contributed by atoms with Gasteiger partial charge in [0.25, 0.3) is 0 Å². The Morgan fingerprint density at radius 1 is 1.39 bits per heavy atom.